The predicted octanol–water partition coefficient (Wildman–Crippen LogP) is 2.63. The molecular formula is C15H24N4. The van der Waals surface area contributed by atoms with Crippen molar-refractivity contribution in [1.82, 2.24) is 14.3 Å². The molecule has 0 saturated heterocycles. The van der Waals surface area contributed by atoms with E-state index in [2.05, 4.69) is 48.0 Å². The summed E-state index contributed by atoms with van der Waals surface area (Å²) in [4.78, 5) is 0. The van der Waals surface area contributed by atoms with Crippen molar-refractivity contribution < 1.29 is 0 Å². The van der Waals surface area contributed by atoms with Gasteiger partial charge < -0.3 is 10.3 Å². The summed E-state index contributed by atoms with van der Waals surface area (Å²) in [6.07, 6.45) is 7.39. The molecule has 0 radical (unpaired) electrons. The Morgan fingerprint density at radius 1 is 1.37 bits per heavy atom. The third-order valence-corrected chi connectivity index (χ3v) is 3.54. The van der Waals surface area contributed by atoms with Gasteiger partial charge >= 0.3 is 0 Å². The van der Waals surface area contributed by atoms with Gasteiger partial charge in [0, 0.05) is 25.5 Å². The number of nitrogens with two attached hydrogens (primary N) is 1. The van der Waals surface area contributed by atoms with Crippen LogP contribution in [0, 0.1) is 0 Å². The van der Waals surface area contributed by atoms with E-state index in [1.54, 1.807) is 0 Å². The topological polar surface area (TPSA) is 48.8 Å². The highest BCUT2D eigenvalue weighted by atomic mass is 15.3. The summed E-state index contributed by atoms with van der Waals surface area (Å²) in [6.45, 7) is 5.14. The van der Waals surface area contributed by atoms with Crippen LogP contribution < -0.4 is 5.73 Å². The third kappa shape index (κ3) is 3.26. The Hall–Kier alpha value is -1.55. The Balaban J connectivity index is 2.08. The lowest BCUT2D eigenvalue weighted by Crippen LogP contribution is -2.09. The van der Waals surface area contributed by atoms with Crippen LogP contribution >= 0.6 is 0 Å². The fraction of sp³-hybridized carbons (Fsp3) is 0.533. The van der Waals surface area contributed by atoms with Crippen LogP contribution in [0.1, 0.15) is 49.7 Å². The zero-order valence-electron chi connectivity index (χ0n) is 12.1. The lowest BCUT2D eigenvalue weighted by molar-refractivity contribution is 0.631. The molecule has 0 bridgehead atoms. The predicted molar refractivity (Wildman–Crippen MR) is 78.0 cm³/mol. The SMILES string of the molecule is CCCC(N)c1ccn(Cc2cc(CC)nn2C)c1. The van der Waals surface area contributed by atoms with Crippen LogP contribution in [0.5, 0.6) is 0 Å². The highest BCUT2D eigenvalue weighted by Gasteiger charge is 2.08. The molecule has 0 aromatic carbocycles. The molecule has 0 aliphatic carbocycles. The van der Waals surface area contributed by atoms with Gasteiger partial charge in [0.25, 0.3) is 0 Å². The summed E-state index contributed by atoms with van der Waals surface area (Å²) in [6, 6.07) is 4.45. The van der Waals surface area contributed by atoms with Gasteiger partial charge in [-0.25, -0.2) is 0 Å². The fourth-order valence-corrected chi connectivity index (χ4v) is 2.33. The van der Waals surface area contributed by atoms with Crippen molar-refractivity contribution in [2.45, 2.75) is 45.7 Å². The quantitative estimate of drug-likeness (QED) is 0.868. The van der Waals surface area contributed by atoms with Crippen molar-refractivity contribution in [3.63, 3.8) is 0 Å². The van der Waals surface area contributed by atoms with Gasteiger partial charge in [0.05, 0.1) is 17.9 Å². The summed E-state index contributed by atoms with van der Waals surface area (Å²) < 4.78 is 4.14. The first-order chi connectivity index (χ1) is 9.13. The average Bonchev–Trinajstić information content (AvgIpc) is 2.98. The molecule has 2 rings (SSSR count). The van der Waals surface area contributed by atoms with Gasteiger partial charge in [0.1, 0.15) is 0 Å². The van der Waals surface area contributed by atoms with E-state index in [-0.39, 0.29) is 6.04 Å². The number of hydrogen-bond acceptors (Lipinski definition) is 2. The lowest BCUT2D eigenvalue weighted by Gasteiger charge is -2.07. The second kappa shape index (κ2) is 6.06. The summed E-state index contributed by atoms with van der Waals surface area (Å²) >= 11 is 0. The van der Waals surface area contributed by atoms with Gasteiger partial charge in [-0.1, -0.05) is 20.3 Å². The summed E-state index contributed by atoms with van der Waals surface area (Å²) in [5, 5.41) is 4.48. The van der Waals surface area contributed by atoms with Crippen LogP contribution in [-0.2, 0) is 20.0 Å². The number of nitrogens with zero attached hydrogens (tertiary/aromatic N) is 3. The van der Waals surface area contributed by atoms with Gasteiger partial charge in [0.15, 0.2) is 0 Å². The summed E-state index contributed by atoms with van der Waals surface area (Å²) in [5.74, 6) is 0. The second-order valence-corrected chi connectivity index (χ2v) is 5.12. The minimum absolute atomic E-state index is 0.156. The van der Waals surface area contributed by atoms with Crippen LogP contribution in [0.2, 0.25) is 0 Å². The van der Waals surface area contributed by atoms with E-state index in [1.165, 1.54) is 11.3 Å². The van der Waals surface area contributed by atoms with Gasteiger partial charge in [-0.3, -0.25) is 4.68 Å². The Labute approximate surface area is 115 Å². The van der Waals surface area contributed by atoms with E-state index >= 15 is 0 Å². The Bertz CT molecular complexity index is 524. The first-order valence-corrected chi connectivity index (χ1v) is 7.07. The first-order valence-electron chi connectivity index (χ1n) is 7.07. The molecule has 0 amide bonds. The Morgan fingerprint density at radius 3 is 2.79 bits per heavy atom. The van der Waals surface area contributed by atoms with Crippen LogP contribution in [0.4, 0.5) is 0 Å². The van der Waals surface area contributed by atoms with Crippen molar-refractivity contribution in [2.75, 3.05) is 0 Å². The molecule has 2 N–H and O–H groups in total. The summed E-state index contributed by atoms with van der Waals surface area (Å²) in [7, 11) is 2.00. The van der Waals surface area contributed by atoms with Crippen LogP contribution in [0.3, 0.4) is 0 Å². The molecule has 19 heavy (non-hydrogen) atoms. The van der Waals surface area contributed by atoms with Gasteiger partial charge in [-0.05, 0) is 30.5 Å². The molecule has 1 unspecified atom stereocenters. The molecule has 2 aromatic rings. The highest BCUT2D eigenvalue weighted by Crippen LogP contribution is 2.17. The molecule has 4 nitrogen and oxygen atoms in total. The zero-order chi connectivity index (χ0) is 13.8. The largest absolute Gasteiger partial charge is 0.348 e. The van der Waals surface area contributed by atoms with Gasteiger partial charge in [-0.15, -0.1) is 0 Å². The van der Waals surface area contributed by atoms with Crippen LogP contribution in [-0.4, -0.2) is 14.3 Å². The standard InChI is InChI=1S/C15H24N4/c1-4-6-15(16)12-7-8-19(10-12)11-14-9-13(5-2)17-18(14)3/h7-10,15H,4-6,11,16H2,1-3H3. The maximum Gasteiger partial charge on any atom is 0.0639 e. The van der Waals surface area contributed by atoms with Crippen molar-refractivity contribution >= 4 is 0 Å². The Kier molecular flexibility index (Phi) is 4.43. The number of aryl methyl sites for hydroxylation is 2. The number of hydrogen-bond donors (Lipinski definition) is 1. The van der Waals surface area contributed by atoms with E-state index in [9.17, 15) is 0 Å². The minimum Gasteiger partial charge on any atom is -0.348 e. The van der Waals surface area contributed by atoms with E-state index in [0.29, 0.717) is 0 Å². The molecule has 2 heterocycles. The van der Waals surface area contributed by atoms with E-state index in [0.717, 1.165) is 31.5 Å². The minimum atomic E-state index is 0.156. The van der Waals surface area contributed by atoms with Gasteiger partial charge in [0.2, 0.25) is 0 Å². The highest BCUT2D eigenvalue weighted by molar-refractivity contribution is 5.17. The van der Waals surface area contributed by atoms with E-state index < -0.39 is 0 Å². The molecule has 0 fully saturated rings. The average molecular weight is 260 g/mol. The molecule has 0 aliphatic heterocycles. The molecular weight excluding hydrogens is 236 g/mol. The third-order valence-electron chi connectivity index (χ3n) is 3.54. The maximum absolute atomic E-state index is 6.14. The number of rotatable bonds is 6. The molecule has 0 saturated carbocycles. The monoisotopic (exact) mass is 260 g/mol. The van der Waals surface area contributed by atoms with E-state index in [4.69, 9.17) is 5.73 Å². The maximum atomic E-state index is 6.14. The lowest BCUT2D eigenvalue weighted by atomic mass is 10.1. The van der Waals surface area contributed by atoms with Crippen LogP contribution in [0.15, 0.2) is 24.5 Å². The van der Waals surface area contributed by atoms with Crippen molar-refractivity contribution in [3.05, 3.63) is 41.5 Å². The molecule has 104 valence electrons. The van der Waals surface area contributed by atoms with Crippen molar-refractivity contribution in [3.8, 4) is 0 Å². The number of aromatic nitrogens is 3. The van der Waals surface area contributed by atoms with Crippen molar-refractivity contribution in [1.29, 1.82) is 0 Å². The zero-order valence-corrected chi connectivity index (χ0v) is 12.1. The summed E-state index contributed by atoms with van der Waals surface area (Å²) in [5.41, 5.74) is 9.73. The smallest absolute Gasteiger partial charge is 0.0639 e. The molecule has 0 spiro atoms. The van der Waals surface area contributed by atoms with Crippen LogP contribution in [0.25, 0.3) is 0 Å². The second-order valence-electron chi connectivity index (χ2n) is 5.12. The van der Waals surface area contributed by atoms with Gasteiger partial charge in [-0.2, -0.15) is 5.10 Å². The molecule has 2 aromatic heterocycles. The molecule has 4 heteroatoms. The van der Waals surface area contributed by atoms with E-state index in [1.807, 2.05) is 11.7 Å². The molecule has 0 aliphatic rings. The first kappa shape index (κ1) is 13.9. The Morgan fingerprint density at radius 2 is 2.16 bits per heavy atom. The molecule has 1 atom stereocenters. The van der Waals surface area contributed by atoms with Crippen molar-refractivity contribution in [2.24, 2.45) is 12.8 Å². The normalized spacial score (nSPS) is 12.8. The fourth-order valence-electron chi connectivity index (χ4n) is 2.33.